The number of rotatable bonds is 7. The Morgan fingerprint density at radius 3 is 3.00 bits per heavy atom. The van der Waals surface area contributed by atoms with Gasteiger partial charge >= 0.3 is 0 Å². The smallest absolute Gasteiger partial charge is 0.0797 e. The number of ether oxygens (including phenoxy) is 1. The van der Waals surface area contributed by atoms with Crippen LogP contribution in [0.5, 0.6) is 0 Å². The van der Waals surface area contributed by atoms with Crippen LogP contribution in [0.25, 0.3) is 0 Å². The van der Waals surface area contributed by atoms with Gasteiger partial charge in [-0.15, -0.1) is 11.3 Å². The Labute approximate surface area is 95.9 Å². The molecule has 1 heterocycles. The maximum absolute atomic E-state index is 5.43. The molecule has 0 saturated heterocycles. The number of aromatic nitrogens is 1. The molecule has 1 aromatic rings. The molecule has 0 aliphatic carbocycles. The molecule has 0 saturated carbocycles. The zero-order valence-corrected chi connectivity index (χ0v) is 10.6. The molecule has 86 valence electrons. The van der Waals surface area contributed by atoms with E-state index in [0.717, 1.165) is 26.1 Å². The normalized spacial score (nSPS) is 13.0. The van der Waals surface area contributed by atoms with Crippen LogP contribution in [0.2, 0.25) is 0 Å². The molecule has 0 bridgehead atoms. The van der Waals surface area contributed by atoms with E-state index in [1.807, 2.05) is 12.4 Å². The largest absolute Gasteiger partial charge is 0.377 e. The molecule has 1 atom stereocenters. The number of thiazole rings is 1. The Morgan fingerprint density at radius 1 is 1.60 bits per heavy atom. The molecule has 0 amide bonds. The highest BCUT2D eigenvalue weighted by Gasteiger charge is 2.02. The minimum absolute atomic E-state index is 0.303. The summed E-state index contributed by atoms with van der Waals surface area (Å²) in [5.41, 5.74) is 3.08. The van der Waals surface area contributed by atoms with Gasteiger partial charge in [0.1, 0.15) is 0 Å². The number of hydrogen-bond donors (Lipinski definition) is 1. The van der Waals surface area contributed by atoms with Crippen LogP contribution in [0, 0.1) is 6.92 Å². The second-order valence-corrected chi connectivity index (χ2v) is 4.52. The monoisotopic (exact) mass is 228 g/mol. The molecular weight excluding hydrogens is 208 g/mol. The van der Waals surface area contributed by atoms with Gasteiger partial charge in [0.15, 0.2) is 0 Å². The maximum Gasteiger partial charge on any atom is 0.0797 e. The maximum atomic E-state index is 5.43. The number of hydrogen-bond acceptors (Lipinski definition) is 4. The second-order valence-electron chi connectivity index (χ2n) is 3.58. The van der Waals surface area contributed by atoms with Gasteiger partial charge in [0.2, 0.25) is 0 Å². The van der Waals surface area contributed by atoms with Gasteiger partial charge < -0.3 is 10.1 Å². The number of aryl methyl sites for hydroxylation is 1. The van der Waals surface area contributed by atoms with E-state index in [1.165, 1.54) is 10.6 Å². The van der Waals surface area contributed by atoms with Crippen molar-refractivity contribution in [1.82, 2.24) is 10.3 Å². The first-order valence-corrected chi connectivity index (χ1v) is 6.33. The molecule has 0 fully saturated rings. The molecule has 1 unspecified atom stereocenters. The highest BCUT2D eigenvalue weighted by atomic mass is 32.1. The first kappa shape index (κ1) is 12.6. The van der Waals surface area contributed by atoms with Crippen LogP contribution < -0.4 is 5.32 Å². The molecule has 3 nitrogen and oxygen atoms in total. The summed E-state index contributed by atoms with van der Waals surface area (Å²) < 4.78 is 5.43. The highest BCUT2D eigenvalue weighted by molar-refractivity contribution is 7.09. The summed E-state index contributed by atoms with van der Waals surface area (Å²) in [6.07, 6.45) is 1.37. The molecule has 0 aliphatic heterocycles. The fourth-order valence-corrected chi connectivity index (χ4v) is 2.20. The van der Waals surface area contributed by atoms with Crippen molar-refractivity contribution in [3.05, 3.63) is 16.1 Å². The number of nitrogens with one attached hydrogen (secondary N) is 1. The molecule has 4 heteroatoms. The van der Waals surface area contributed by atoms with Crippen molar-refractivity contribution in [2.45, 2.75) is 33.3 Å². The van der Waals surface area contributed by atoms with Gasteiger partial charge in [0.05, 0.1) is 17.3 Å². The Hall–Kier alpha value is -0.450. The number of nitrogens with zero attached hydrogens (tertiary/aromatic N) is 1. The lowest BCUT2D eigenvalue weighted by Crippen LogP contribution is -2.28. The fraction of sp³-hybridized carbons (Fsp3) is 0.727. The SMILES string of the molecule is CCOC(C)CNCCc1scnc1C. The van der Waals surface area contributed by atoms with Crippen LogP contribution in [0.3, 0.4) is 0 Å². The third kappa shape index (κ3) is 4.73. The summed E-state index contributed by atoms with van der Waals surface area (Å²) in [5, 5.41) is 3.39. The van der Waals surface area contributed by atoms with Gasteiger partial charge in [-0.05, 0) is 27.2 Å². The molecule has 15 heavy (non-hydrogen) atoms. The first-order valence-electron chi connectivity index (χ1n) is 5.45. The van der Waals surface area contributed by atoms with Crippen molar-refractivity contribution >= 4 is 11.3 Å². The average Bonchev–Trinajstić information content (AvgIpc) is 2.60. The lowest BCUT2D eigenvalue weighted by Gasteiger charge is -2.12. The summed E-state index contributed by atoms with van der Waals surface area (Å²) >= 11 is 1.74. The van der Waals surface area contributed by atoms with Crippen LogP contribution in [0.15, 0.2) is 5.51 Å². The standard InChI is InChI=1S/C11H20N2OS/c1-4-14-9(2)7-12-6-5-11-10(3)13-8-15-11/h8-9,12H,4-7H2,1-3H3. The molecule has 0 spiro atoms. The van der Waals surface area contributed by atoms with Crippen molar-refractivity contribution < 1.29 is 4.74 Å². The van der Waals surface area contributed by atoms with Gasteiger partial charge in [-0.2, -0.15) is 0 Å². The average molecular weight is 228 g/mol. The van der Waals surface area contributed by atoms with Gasteiger partial charge in [0.25, 0.3) is 0 Å². The fourth-order valence-electron chi connectivity index (χ4n) is 1.42. The molecule has 1 rings (SSSR count). The molecule has 0 aromatic carbocycles. The van der Waals surface area contributed by atoms with E-state index in [2.05, 4.69) is 24.1 Å². The molecular formula is C11H20N2OS. The zero-order chi connectivity index (χ0) is 11.1. The Balaban J connectivity index is 2.09. The van der Waals surface area contributed by atoms with Crippen LogP contribution >= 0.6 is 11.3 Å². The first-order chi connectivity index (χ1) is 7.24. The Kier molecular flexibility index (Phi) is 5.83. The molecule has 1 N–H and O–H groups in total. The van der Waals surface area contributed by atoms with Gasteiger partial charge in [-0.3, -0.25) is 0 Å². The van der Waals surface area contributed by atoms with E-state index in [9.17, 15) is 0 Å². The van der Waals surface area contributed by atoms with E-state index >= 15 is 0 Å². The van der Waals surface area contributed by atoms with Crippen molar-refractivity contribution in [1.29, 1.82) is 0 Å². The minimum atomic E-state index is 0.303. The minimum Gasteiger partial charge on any atom is -0.377 e. The van der Waals surface area contributed by atoms with E-state index in [1.54, 1.807) is 11.3 Å². The lowest BCUT2D eigenvalue weighted by molar-refractivity contribution is 0.0764. The summed E-state index contributed by atoms with van der Waals surface area (Å²) in [6.45, 7) is 8.89. The Bertz CT molecular complexity index is 275. The van der Waals surface area contributed by atoms with Crippen molar-refractivity contribution in [3.8, 4) is 0 Å². The predicted molar refractivity (Wildman–Crippen MR) is 64.5 cm³/mol. The third-order valence-electron chi connectivity index (χ3n) is 2.26. The lowest BCUT2D eigenvalue weighted by atomic mass is 10.3. The van der Waals surface area contributed by atoms with Crippen molar-refractivity contribution in [3.63, 3.8) is 0 Å². The topological polar surface area (TPSA) is 34.1 Å². The van der Waals surface area contributed by atoms with Crippen molar-refractivity contribution in [2.75, 3.05) is 19.7 Å². The van der Waals surface area contributed by atoms with Crippen LogP contribution in [0.4, 0.5) is 0 Å². The van der Waals surface area contributed by atoms with Crippen LogP contribution in [-0.2, 0) is 11.2 Å². The Morgan fingerprint density at radius 2 is 2.40 bits per heavy atom. The van der Waals surface area contributed by atoms with Crippen LogP contribution in [-0.4, -0.2) is 30.8 Å². The van der Waals surface area contributed by atoms with Crippen LogP contribution in [0.1, 0.15) is 24.4 Å². The molecule has 0 aliphatic rings. The van der Waals surface area contributed by atoms with E-state index in [4.69, 9.17) is 4.74 Å². The zero-order valence-electron chi connectivity index (χ0n) is 9.75. The molecule has 0 radical (unpaired) electrons. The van der Waals surface area contributed by atoms with Gasteiger partial charge in [-0.25, -0.2) is 4.98 Å². The summed E-state index contributed by atoms with van der Waals surface area (Å²) in [5.74, 6) is 0. The summed E-state index contributed by atoms with van der Waals surface area (Å²) in [6, 6.07) is 0. The quantitative estimate of drug-likeness (QED) is 0.725. The second kappa shape index (κ2) is 6.93. The van der Waals surface area contributed by atoms with E-state index in [0.29, 0.717) is 6.10 Å². The third-order valence-corrected chi connectivity index (χ3v) is 3.25. The van der Waals surface area contributed by atoms with E-state index < -0.39 is 0 Å². The predicted octanol–water partition coefficient (Wildman–Crippen LogP) is 2.01. The van der Waals surface area contributed by atoms with E-state index in [-0.39, 0.29) is 0 Å². The summed E-state index contributed by atoms with van der Waals surface area (Å²) in [7, 11) is 0. The molecule has 1 aromatic heterocycles. The highest BCUT2D eigenvalue weighted by Crippen LogP contribution is 2.11. The van der Waals surface area contributed by atoms with Gasteiger partial charge in [-0.1, -0.05) is 0 Å². The van der Waals surface area contributed by atoms with Crippen molar-refractivity contribution in [2.24, 2.45) is 0 Å². The van der Waals surface area contributed by atoms with Gasteiger partial charge in [0, 0.05) is 24.6 Å². The summed E-state index contributed by atoms with van der Waals surface area (Å²) in [4.78, 5) is 5.61.